The van der Waals surface area contributed by atoms with Gasteiger partial charge in [0.05, 0.1) is 17.6 Å². The number of nitrogen functional groups attached to an aromatic ring is 1. The maximum atomic E-state index is 12.8. The van der Waals surface area contributed by atoms with Crippen LogP contribution in [0.5, 0.6) is 0 Å². The summed E-state index contributed by atoms with van der Waals surface area (Å²) in [5.41, 5.74) is 5.97. The van der Waals surface area contributed by atoms with Crippen LogP contribution in [0.25, 0.3) is 0 Å². The molecule has 2 N–H and O–H groups in total. The van der Waals surface area contributed by atoms with E-state index < -0.39 is 16.0 Å². The molecule has 1 fully saturated rings. The summed E-state index contributed by atoms with van der Waals surface area (Å²) in [6.45, 7) is 1.87. The van der Waals surface area contributed by atoms with Crippen LogP contribution in [0, 0.1) is 5.92 Å². The Labute approximate surface area is 124 Å². The van der Waals surface area contributed by atoms with Gasteiger partial charge in [0.25, 0.3) is 0 Å². The number of nitrogens with two attached hydrogens (primary N) is 1. The molecule has 21 heavy (non-hydrogen) atoms. The molecule has 0 heterocycles. The summed E-state index contributed by atoms with van der Waals surface area (Å²) >= 11 is 0. The molecule has 0 radical (unpaired) electrons. The normalized spacial score (nSPS) is 16.8. The number of benzene rings is 1. The van der Waals surface area contributed by atoms with Crippen molar-refractivity contribution < 1.29 is 17.9 Å². The first-order valence-corrected chi connectivity index (χ1v) is 8.19. The number of sulfonamides is 1. The standard InChI is InChI=1S/C14H20N2O4S/c1-9(10-4-5-10)16(2)21(18,19)13-8-11(15)6-7-12(13)14(17)20-3/h6-10H,4-5,15H2,1-3H3. The topological polar surface area (TPSA) is 89.7 Å². The average molecular weight is 312 g/mol. The molecule has 1 unspecified atom stereocenters. The van der Waals surface area contributed by atoms with Gasteiger partial charge in [-0.3, -0.25) is 0 Å². The van der Waals surface area contributed by atoms with E-state index >= 15 is 0 Å². The van der Waals surface area contributed by atoms with Gasteiger partial charge in [0.1, 0.15) is 0 Å². The van der Waals surface area contributed by atoms with Crippen LogP contribution in [0.2, 0.25) is 0 Å². The summed E-state index contributed by atoms with van der Waals surface area (Å²) in [6.07, 6.45) is 2.06. The maximum Gasteiger partial charge on any atom is 0.339 e. The molecule has 0 aromatic heterocycles. The van der Waals surface area contributed by atoms with Crippen molar-refractivity contribution in [2.75, 3.05) is 19.9 Å². The fraction of sp³-hybridized carbons (Fsp3) is 0.500. The monoisotopic (exact) mass is 312 g/mol. The van der Waals surface area contributed by atoms with E-state index in [0.717, 1.165) is 12.8 Å². The minimum Gasteiger partial charge on any atom is -0.465 e. The zero-order valence-electron chi connectivity index (χ0n) is 12.4. The van der Waals surface area contributed by atoms with E-state index in [1.54, 1.807) is 0 Å². The second kappa shape index (κ2) is 5.65. The molecule has 1 aliphatic carbocycles. The lowest BCUT2D eigenvalue weighted by atomic mass is 10.2. The number of hydrogen-bond donors (Lipinski definition) is 1. The van der Waals surface area contributed by atoms with Crippen molar-refractivity contribution in [3.63, 3.8) is 0 Å². The lowest BCUT2D eigenvalue weighted by Crippen LogP contribution is -2.37. The Kier molecular flexibility index (Phi) is 4.25. The second-order valence-electron chi connectivity index (χ2n) is 5.35. The smallest absolute Gasteiger partial charge is 0.339 e. The molecule has 1 saturated carbocycles. The van der Waals surface area contributed by atoms with Gasteiger partial charge in [-0.2, -0.15) is 4.31 Å². The summed E-state index contributed by atoms with van der Waals surface area (Å²) < 4.78 is 31.5. The first-order chi connectivity index (χ1) is 9.78. The van der Waals surface area contributed by atoms with Gasteiger partial charge in [0, 0.05) is 18.8 Å². The van der Waals surface area contributed by atoms with E-state index in [0.29, 0.717) is 5.92 Å². The molecule has 0 bridgehead atoms. The molecular weight excluding hydrogens is 292 g/mol. The Balaban J connectivity index is 2.47. The third-order valence-corrected chi connectivity index (χ3v) is 5.93. The SMILES string of the molecule is COC(=O)c1ccc(N)cc1S(=O)(=O)N(C)C(C)C1CC1. The Hall–Kier alpha value is -1.60. The number of esters is 1. The first kappa shape index (κ1) is 15.8. The summed E-state index contributed by atoms with van der Waals surface area (Å²) in [5.74, 6) is -0.312. The third kappa shape index (κ3) is 3.03. The van der Waals surface area contributed by atoms with E-state index in [1.165, 1.54) is 36.7 Å². The Morgan fingerprint density at radius 3 is 2.57 bits per heavy atom. The summed E-state index contributed by atoms with van der Waals surface area (Å²) in [6, 6.07) is 4.05. The van der Waals surface area contributed by atoms with Crippen LogP contribution >= 0.6 is 0 Å². The quantitative estimate of drug-likeness (QED) is 0.657. The van der Waals surface area contributed by atoms with Crippen molar-refractivity contribution in [2.24, 2.45) is 5.92 Å². The third-order valence-electron chi connectivity index (χ3n) is 3.95. The fourth-order valence-corrected chi connectivity index (χ4v) is 3.91. The van der Waals surface area contributed by atoms with Gasteiger partial charge in [-0.15, -0.1) is 0 Å². The van der Waals surface area contributed by atoms with Gasteiger partial charge >= 0.3 is 5.97 Å². The van der Waals surface area contributed by atoms with Crippen LogP contribution in [0.3, 0.4) is 0 Å². The summed E-state index contributed by atoms with van der Waals surface area (Å²) in [7, 11) is -1.05. The molecule has 1 aromatic rings. The van der Waals surface area contributed by atoms with Crippen LogP contribution in [-0.2, 0) is 14.8 Å². The molecule has 0 aliphatic heterocycles. The highest BCUT2D eigenvalue weighted by atomic mass is 32.2. The van der Waals surface area contributed by atoms with Gasteiger partial charge in [0.2, 0.25) is 10.0 Å². The molecule has 7 heteroatoms. The molecule has 0 spiro atoms. The summed E-state index contributed by atoms with van der Waals surface area (Å²) in [4.78, 5) is 11.7. The minimum absolute atomic E-state index is 0.00143. The number of carbonyl (C=O) groups is 1. The van der Waals surface area contributed by atoms with E-state index in [1.807, 2.05) is 6.92 Å². The second-order valence-corrected chi connectivity index (χ2v) is 7.31. The molecule has 0 saturated heterocycles. The number of nitrogens with zero attached hydrogens (tertiary/aromatic N) is 1. The zero-order chi connectivity index (χ0) is 15.8. The molecule has 1 atom stereocenters. The predicted octanol–water partition coefficient (Wildman–Crippen LogP) is 1.47. The number of carbonyl (C=O) groups excluding carboxylic acids is 1. The first-order valence-electron chi connectivity index (χ1n) is 6.75. The highest BCUT2D eigenvalue weighted by Crippen LogP contribution is 2.37. The van der Waals surface area contributed by atoms with E-state index in [4.69, 9.17) is 5.73 Å². The average Bonchev–Trinajstić information content (AvgIpc) is 3.29. The van der Waals surface area contributed by atoms with Crippen LogP contribution in [0.1, 0.15) is 30.1 Å². The molecule has 2 rings (SSSR count). The number of ether oxygens (including phenoxy) is 1. The number of hydrogen-bond acceptors (Lipinski definition) is 5. The van der Waals surface area contributed by atoms with E-state index in [-0.39, 0.29) is 22.2 Å². The van der Waals surface area contributed by atoms with Crippen LogP contribution in [0.15, 0.2) is 23.1 Å². The van der Waals surface area contributed by atoms with E-state index in [9.17, 15) is 13.2 Å². The molecular formula is C14H20N2O4S. The fourth-order valence-electron chi connectivity index (χ4n) is 2.28. The maximum absolute atomic E-state index is 12.8. The zero-order valence-corrected chi connectivity index (χ0v) is 13.2. The lowest BCUT2D eigenvalue weighted by Gasteiger charge is -2.25. The Morgan fingerprint density at radius 1 is 1.43 bits per heavy atom. The lowest BCUT2D eigenvalue weighted by molar-refractivity contribution is 0.0596. The van der Waals surface area contributed by atoms with E-state index in [2.05, 4.69) is 4.74 Å². The van der Waals surface area contributed by atoms with Gasteiger partial charge in [-0.05, 0) is 43.9 Å². The minimum atomic E-state index is -3.80. The van der Waals surface area contributed by atoms with Crippen LogP contribution < -0.4 is 5.73 Å². The van der Waals surface area contributed by atoms with Gasteiger partial charge in [-0.25, -0.2) is 13.2 Å². The van der Waals surface area contributed by atoms with Crippen LogP contribution in [0.4, 0.5) is 5.69 Å². The number of rotatable bonds is 5. The van der Waals surface area contributed by atoms with Crippen molar-refractivity contribution in [3.8, 4) is 0 Å². The Bertz CT molecular complexity index is 653. The molecule has 0 amide bonds. The predicted molar refractivity (Wildman–Crippen MR) is 79.3 cm³/mol. The molecule has 1 aromatic carbocycles. The largest absolute Gasteiger partial charge is 0.465 e. The number of methoxy groups -OCH3 is 1. The van der Waals surface area contributed by atoms with Crippen molar-refractivity contribution in [1.29, 1.82) is 0 Å². The molecule has 116 valence electrons. The van der Waals surface area contributed by atoms with Crippen molar-refractivity contribution in [1.82, 2.24) is 4.31 Å². The van der Waals surface area contributed by atoms with Crippen molar-refractivity contribution in [3.05, 3.63) is 23.8 Å². The summed E-state index contributed by atoms with van der Waals surface area (Å²) in [5, 5.41) is 0. The van der Waals surface area contributed by atoms with Gasteiger partial charge in [-0.1, -0.05) is 0 Å². The molecule has 1 aliphatic rings. The van der Waals surface area contributed by atoms with Crippen LogP contribution in [-0.4, -0.2) is 38.9 Å². The van der Waals surface area contributed by atoms with Crippen molar-refractivity contribution >= 4 is 21.7 Å². The van der Waals surface area contributed by atoms with Crippen molar-refractivity contribution in [2.45, 2.75) is 30.7 Å². The van der Waals surface area contributed by atoms with Gasteiger partial charge in [0.15, 0.2) is 0 Å². The highest BCUT2D eigenvalue weighted by Gasteiger charge is 2.37. The van der Waals surface area contributed by atoms with Gasteiger partial charge < -0.3 is 10.5 Å². The number of anilines is 1. The molecule has 6 nitrogen and oxygen atoms in total. The Morgan fingerprint density at radius 2 is 2.05 bits per heavy atom. The highest BCUT2D eigenvalue weighted by molar-refractivity contribution is 7.89.